The van der Waals surface area contributed by atoms with Gasteiger partial charge in [-0.3, -0.25) is 9.69 Å². The van der Waals surface area contributed by atoms with E-state index in [-0.39, 0.29) is 0 Å². The smallest absolute Gasteiger partial charge is 0.250 e. The van der Waals surface area contributed by atoms with Crippen LogP contribution in [0.1, 0.15) is 40.5 Å². The summed E-state index contributed by atoms with van der Waals surface area (Å²) in [6.45, 7) is 3.11. The normalized spacial score (nSPS) is 16.3. The number of nitrogens with zero attached hydrogens (tertiary/aromatic N) is 2. The topological polar surface area (TPSA) is 75.0 Å². The molecule has 1 aliphatic rings. The van der Waals surface area contributed by atoms with Gasteiger partial charge in [-0.05, 0) is 43.6 Å². The Kier molecular flexibility index (Phi) is 4.24. The van der Waals surface area contributed by atoms with Crippen molar-refractivity contribution in [2.45, 2.75) is 25.3 Å². The van der Waals surface area contributed by atoms with Crippen molar-refractivity contribution < 1.29 is 4.79 Å². The third kappa shape index (κ3) is 3.28. The second-order valence-electron chi connectivity index (χ2n) is 6.72. The minimum Gasteiger partial charge on any atom is -0.366 e. The molecule has 2 heterocycles. The van der Waals surface area contributed by atoms with Crippen molar-refractivity contribution in [1.29, 1.82) is 0 Å². The first-order chi connectivity index (χ1) is 12.2. The van der Waals surface area contributed by atoms with Gasteiger partial charge in [0.25, 0.3) is 5.91 Å². The number of para-hydroxylation sites is 1. The van der Waals surface area contributed by atoms with E-state index in [1.807, 2.05) is 12.1 Å². The summed E-state index contributed by atoms with van der Waals surface area (Å²) in [6.07, 6.45) is 2.14. The number of carbonyl (C=O) groups is 1. The maximum Gasteiger partial charge on any atom is 0.250 e. The lowest BCUT2D eigenvalue weighted by Gasteiger charge is -2.31. The van der Waals surface area contributed by atoms with Gasteiger partial charge in [0.05, 0.1) is 11.1 Å². The van der Waals surface area contributed by atoms with Crippen LogP contribution < -0.4 is 5.73 Å². The molecule has 2 aromatic carbocycles. The highest BCUT2D eigenvalue weighted by Crippen LogP contribution is 2.29. The number of benzene rings is 2. The van der Waals surface area contributed by atoms with Crippen molar-refractivity contribution in [3.63, 3.8) is 0 Å². The molecule has 4 rings (SSSR count). The Labute approximate surface area is 146 Å². The number of H-pyrrole nitrogens is 1. The molecular formula is C20H22N4O. The van der Waals surface area contributed by atoms with Gasteiger partial charge in [0.1, 0.15) is 11.3 Å². The summed E-state index contributed by atoms with van der Waals surface area (Å²) in [6, 6.07) is 16.1. The largest absolute Gasteiger partial charge is 0.366 e. The molecule has 0 aliphatic carbocycles. The molecule has 1 fully saturated rings. The van der Waals surface area contributed by atoms with E-state index in [0.717, 1.165) is 43.8 Å². The molecule has 3 N–H and O–H groups in total. The third-order valence-corrected chi connectivity index (χ3v) is 5.02. The van der Waals surface area contributed by atoms with E-state index >= 15 is 0 Å². The first-order valence-corrected chi connectivity index (χ1v) is 8.75. The summed E-state index contributed by atoms with van der Waals surface area (Å²) in [5.41, 5.74) is 8.88. The summed E-state index contributed by atoms with van der Waals surface area (Å²) in [7, 11) is 0. The van der Waals surface area contributed by atoms with Gasteiger partial charge in [-0.1, -0.05) is 36.4 Å². The van der Waals surface area contributed by atoms with E-state index in [1.165, 1.54) is 5.56 Å². The SMILES string of the molecule is NC(=O)c1cccc2[nH]c(C3CCN(Cc4ccccc4)CC3)nc12. The van der Waals surface area contributed by atoms with Crippen LogP contribution >= 0.6 is 0 Å². The van der Waals surface area contributed by atoms with Gasteiger partial charge in [0, 0.05) is 12.5 Å². The number of fused-ring (bicyclic) bond motifs is 1. The summed E-state index contributed by atoms with van der Waals surface area (Å²) in [4.78, 5) is 22.1. The molecule has 1 amide bonds. The molecule has 0 saturated carbocycles. The number of nitrogens with one attached hydrogen (secondary N) is 1. The van der Waals surface area contributed by atoms with Crippen molar-refractivity contribution in [2.24, 2.45) is 5.73 Å². The summed E-state index contributed by atoms with van der Waals surface area (Å²) in [5.74, 6) is 0.949. The lowest BCUT2D eigenvalue weighted by Crippen LogP contribution is -2.32. The number of piperidine rings is 1. The van der Waals surface area contributed by atoms with Crippen LogP contribution in [0.4, 0.5) is 0 Å². The highest BCUT2D eigenvalue weighted by molar-refractivity contribution is 6.04. The fourth-order valence-corrected chi connectivity index (χ4v) is 3.65. The number of amides is 1. The predicted octanol–water partition coefficient (Wildman–Crippen LogP) is 3.04. The van der Waals surface area contributed by atoms with Crippen LogP contribution in [0.3, 0.4) is 0 Å². The monoisotopic (exact) mass is 334 g/mol. The zero-order chi connectivity index (χ0) is 17.2. The maximum atomic E-state index is 11.6. The average molecular weight is 334 g/mol. The standard InChI is InChI=1S/C20H22N4O/c21-19(25)16-7-4-8-17-18(16)23-20(22-17)15-9-11-24(12-10-15)13-14-5-2-1-3-6-14/h1-8,15H,9-13H2,(H2,21,25)(H,22,23). The quantitative estimate of drug-likeness (QED) is 0.770. The number of primary amides is 1. The Bertz CT molecular complexity index is 879. The Morgan fingerprint density at radius 1 is 1.12 bits per heavy atom. The molecule has 0 atom stereocenters. The average Bonchev–Trinajstić information content (AvgIpc) is 3.07. The van der Waals surface area contributed by atoms with Gasteiger partial charge in [0.15, 0.2) is 0 Å². The van der Waals surface area contributed by atoms with Gasteiger partial charge in [-0.2, -0.15) is 0 Å². The first-order valence-electron chi connectivity index (χ1n) is 8.75. The number of aromatic nitrogens is 2. The van der Waals surface area contributed by atoms with Crippen LogP contribution in [0.15, 0.2) is 48.5 Å². The maximum absolute atomic E-state index is 11.6. The lowest BCUT2D eigenvalue weighted by molar-refractivity contribution is 0.100. The van der Waals surface area contributed by atoms with Crippen LogP contribution in [0.25, 0.3) is 11.0 Å². The molecule has 5 nitrogen and oxygen atoms in total. The number of rotatable bonds is 4. The minimum atomic E-state index is -0.429. The molecule has 25 heavy (non-hydrogen) atoms. The molecule has 1 saturated heterocycles. The highest BCUT2D eigenvalue weighted by atomic mass is 16.1. The minimum absolute atomic E-state index is 0.403. The fourth-order valence-electron chi connectivity index (χ4n) is 3.65. The van der Waals surface area contributed by atoms with Gasteiger partial charge in [-0.25, -0.2) is 4.98 Å². The number of imidazole rings is 1. The van der Waals surface area contributed by atoms with Crippen LogP contribution in [0, 0.1) is 0 Å². The molecule has 128 valence electrons. The molecule has 1 aromatic heterocycles. The predicted molar refractivity (Wildman–Crippen MR) is 98.3 cm³/mol. The van der Waals surface area contributed by atoms with Gasteiger partial charge in [0.2, 0.25) is 0 Å². The number of nitrogens with two attached hydrogens (primary N) is 1. The van der Waals surface area contributed by atoms with Gasteiger partial charge in [-0.15, -0.1) is 0 Å². The van der Waals surface area contributed by atoms with Crippen LogP contribution in [-0.2, 0) is 6.54 Å². The highest BCUT2D eigenvalue weighted by Gasteiger charge is 2.24. The van der Waals surface area contributed by atoms with Gasteiger partial charge < -0.3 is 10.7 Å². The van der Waals surface area contributed by atoms with Crippen molar-refractivity contribution in [2.75, 3.05) is 13.1 Å². The van der Waals surface area contributed by atoms with E-state index in [9.17, 15) is 4.79 Å². The van der Waals surface area contributed by atoms with Crippen molar-refractivity contribution in [3.05, 3.63) is 65.5 Å². The molecular weight excluding hydrogens is 312 g/mol. The first kappa shape index (κ1) is 15.8. The molecule has 0 bridgehead atoms. The second-order valence-corrected chi connectivity index (χ2v) is 6.72. The fraction of sp³-hybridized carbons (Fsp3) is 0.300. The summed E-state index contributed by atoms with van der Waals surface area (Å²) >= 11 is 0. The Hall–Kier alpha value is -2.66. The molecule has 1 aliphatic heterocycles. The number of carbonyl (C=O) groups excluding carboxylic acids is 1. The van der Waals surface area contributed by atoms with E-state index < -0.39 is 5.91 Å². The van der Waals surface area contributed by atoms with E-state index in [4.69, 9.17) is 10.7 Å². The van der Waals surface area contributed by atoms with E-state index in [1.54, 1.807) is 6.07 Å². The van der Waals surface area contributed by atoms with Crippen molar-refractivity contribution in [3.8, 4) is 0 Å². The Morgan fingerprint density at radius 3 is 2.60 bits per heavy atom. The van der Waals surface area contributed by atoms with Crippen molar-refractivity contribution >= 4 is 16.9 Å². The van der Waals surface area contributed by atoms with E-state index in [2.05, 4.69) is 40.2 Å². The zero-order valence-corrected chi connectivity index (χ0v) is 14.1. The molecule has 3 aromatic rings. The number of likely N-dealkylation sites (tertiary alicyclic amines) is 1. The molecule has 5 heteroatoms. The van der Waals surface area contributed by atoms with Crippen LogP contribution in [0.5, 0.6) is 0 Å². The van der Waals surface area contributed by atoms with Crippen LogP contribution in [0.2, 0.25) is 0 Å². The second kappa shape index (κ2) is 6.69. The molecule has 0 radical (unpaired) electrons. The van der Waals surface area contributed by atoms with Crippen molar-refractivity contribution in [1.82, 2.24) is 14.9 Å². The summed E-state index contributed by atoms with van der Waals surface area (Å²) in [5, 5.41) is 0. The Balaban J connectivity index is 1.46. The zero-order valence-electron chi connectivity index (χ0n) is 14.1. The summed E-state index contributed by atoms with van der Waals surface area (Å²) < 4.78 is 0. The number of hydrogen-bond acceptors (Lipinski definition) is 3. The molecule has 0 spiro atoms. The number of hydrogen-bond donors (Lipinski definition) is 2. The van der Waals surface area contributed by atoms with Gasteiger partial charge >= 0.3 is 0 Å². The van der Waals surface area contributed by atoms with E-state index in [0.29, 0.717) is 17.0 Å². The molecule has 0 unspecified atom stereocenters. The van der Waals surface area contributed by atoms with Crippen LogP contribution in [-0.4, -0.2) is 33.9 Å². The number of aromatic amines is 1. The lowest BCUT2D eigenvalue weighted by atomic mass is 9.96. The Morgan fingerprint density at radius 2 is 1.88 bits per heavy atom. The third-order valence-electron chi connectivity index (χ3n) is 5.02.